The maximum atomic E-state index is 5.55. The van der Waals surface area contributed by atoms with Gasteiger partial charge in [0, 0.05) is 25.7 Å². The molecule has 18 heavy (non-hydrogen) atoms. The summed E-state index contributed by atoms with van der Waals surface area (Å²) in [6.45, 7) is 2.55. The van der Waals surface area contributed by atoms with Gasteiger partial charge in [-0.25, -0.2) is 0 Å². The van der Waals surface area contributed by atoms with Gasteiger partial charge in [0.1, 0.15) is 10.7 Å². The quantitative estimate of drug-likeness (QED) is 0.547. The van der Waals surface area contributed by atoms with Crippen molar-refractivity contribution in [2.75, 3.05) is 33.5 Å². The van der Waals surface area contributed by atoms with Crippen molar-refractivity contribution in [3.8, 4) is 5.75 Å². The molecule has 4 nitrogen and oxygen atoms in total. The van der Waals surface area contributed by atoms with E-state index in [4.69, 9.17) is 32.2 Å². The maximum absolute atomic E-state index is 5.55. The SMILES string of the molecule is COCCOCCCOc1ccc(C(N)=S)cc1. The summed E-state index contributed by atoms with van der Waals surface area (Å²) in [5.74, 6) is 0.812. The van der Waals surface area contributed by atoms with E-state index in [-0.39, 0.29) is 0 Å². The predicted octanol–water partition coefficient (Wildman–Crippen LogP) is 1.75. The van der Waals surface area contributed by atoms with Crippen molar-refractivity contribution in [1.29, 1.82) is 0 Å². The number of nitrogens with two attached hydrogens (primary N) is 1. The Morgan fingerprint density at radius 2 is 1.83 bits per heavy atom. The first-order chi connectivity index (χ1) is 8.74. The average Bonchev–Trinajstić information content (AvgIpc) is 2.38. The van der Waals surface area contributed by atoms with E-state index in [0.717, 1.165) is 17.7 Å². The lowest BCUT2D eigenvalue weighted by molar-refractivity contribution is 0.0644. The third-order valence-corrected chi connectivity index (χ3v) is 2.51. The first kappa shape index (κ1) is 14.9. The van der Waals surface area contributed by atoms with Gasteiger partial charge in [0.25, 0.3) is 0 Å². The molecular formula is C13H19NO3S. The van der Waals surface area contributed by atoms with Crippen molar-refractivity contribution in [2.24, 2.45) is 5.73 Å². The summed E-state index contributed by atoms with van der Waals surface area (Å²) in [4.78, 5) is 0.396. The molecule has 100 valence electrons. The van der Waals surface area contributed by atoms with Crippen LogP contribution in [0.4, 0.5) is 0 Å². The predicted molar refractivity (Wildman–Crippen MR) is 75.1 cm³/mol. The molecule has 0 fully saturated rings. The molecule has 0 saturated heterocycles. The molecular weight excluding hydrogens is 250 g/mol. The molecule has 0 radical (unpaired) electrons. The molecule has 5 heteroatoms. The van der Waals surface area contributed by atoms with Crippen molar-refractivity contribution in [3.05, 3.63) is 29.8 Å². The van der Waals surface area contributed by atoms with Gasteiger partial charge in [-0.2, -0.15) is 0 Å². The van der Waals surface area contributed by atoms with E-state index >= 15 is 0 Å². The van der Waals surface area contributed by atoms with Gasteiger partial charge in [-0.1, -0.05) is 12.2 Å². The normalized spacial score (nSPS) is 10.3. The molecule has 0 unspecified atom stereocenters. The second-order valence-electron chi connectivity index (χ2n) is 3.70. The fourth-order valence-electron chi connectivity index (χ4n) is 1.31. The van der Waals surface area contributed by atoms with E-state index in [0.29, 0.717) is 31.4 Å². The summed E-state index contributed by atoms with van der Waals surface area (Å²) < 4.78 is 15.7. The second-order valence-corrected chi connectivity index (χ2v) is 4.14. The van der Waals surface area contributed by atoms with E-state index in [9.17, 15) is 0 Å². The first-order valence-corrected chi connectivity index (χ1v) is 6.24. The van der Waals surface area contributed by atoms with Crippen LogP contribution in [-0.4, -0.2) is 38.5 Å². The Hall–Kier alpha value is -1.17. The lowest BCUT2D eigenvalue weighted by atomic mass is 10.2. The minimum absolute atomic E-state index is 0.396. The monoisotopic (exact) mass is 269 g/mol. The summed E-state index contributed by atoms with van der Waals surface area (Å²) in [6.07, 6.45) is 0.848. The van der Waals surface area contributed by atoms with Crippen molar-refractivity contribution in [2.45, 2.75) is 6.42 Å². The van der Waals surface area contributed by atoms with Crippen molar-refractivity contribution >= 4 is 17.2 Å². The number of hydrogen-bond acceptors (Lipinski definition) is 4. The van der Waals surface area contributed by atoms with Crippen LogP contribution in [0, 0.1) is 0 Å². The molecule has 0 aliphatic carbocycles. The number of methoxy groups -OCH3 is 1. The van der Waals surface area contributed by atoms with Gasteiger partial charge in [-0.05, 0) is 24.3 Å². The third kappa shape index (κ3) is 5.95. The van der Waals surface area contributed by atoms with Gasteiger partial charge in [-0.15, -0.1) is 0 Å². The molecule has 0 aliphatic rings. The number of ether oxygens (including phenoxy) is 3. The Balaban J connectivity index is 2.14. The fourth-order valence-corrected chi connectivity index (χ4v) is 1.45. The Bertz CT molecular complexity index is 354. The first-order valence-electron chi connectivity index (χ1n) is 5.83. The summed E-state index contributed by atoms with van der Waals surface area (Å²) in [6, 6.07) is 7.43. The van der Waals surface area contributed by atoms with Crippen molar-refractivity contribution in [1.82, 2.24) is 0 Å². The highest BCUT2D eigenvalue weighted by molar-refractivity contribution is 7.80. The van der Waals surface area contributed by atoms with Crippen LogP contribution in [0.15, 0.2) is 24.3 Å². The van der Waals surface area contributed by atoms with E-state index in [1.54, 1.807) is 7.11 Å². The molecule has 0 aromatic heterocycles. The molecule has 0 spiro atoms. The maximum Gasteiger partial charge on any atom is 0.119 e. The van der Waals surface area contributed by atoms with Crippen LogP contribution in [0.3, 0.4) is 0 Å². The average molecular weight is 269 g/mol. The van der Waals surface area contributed by atoms with E-state index in [1.165, 1.54) is 0 Å². The molecule has 1 aromatic rings. The number of hydrogen-bond donors (Lipinski definition) is 1. The molecule has 0 heterocycles. The topological polar surface area (TPSA) is 53.7 Å². The number of benzene rings is 1. The van der Waals surface area contributed by atoms with Gasteiger partial charge in [0.2, 0.25) is 0 Å². The van der Waals surface area contributed by atoms with E-state index in [1.807, 2.05) is 24.3 Å². The molecule has 1 rings (SSSR count). The van der Waals surface area contributed by atoms with Crippen LogP contribution in [0.2, 0.25) is 0 Å². The van der Waals surface area contributed by atoms with Crippen LogP contribution in [-0.2, 0) is 9.47 Å². The third-order valence-electron chi connectivity index (χ3n) is 2.27. The van der Waals surface area contributed by atoms with E-state index < -0.39 is 0 Å². The highest BCUT2D eigenvalue weighted by Crippen LogP contribution is 2.12. The lowest BCUT2D eigenvalue weighted by Gasteiger charge is -2.07. The highest BCUT2D eigenvalue weighted by atomic mass is 32.1. The van der Waals surface area contributed by atoms with Gasteiger partial charge >= 0.3 is 0 Å². The van der Waals surface area contributed by atoms with Gasteiger partial charge < -0.3 is 19.9 Å². The summed E-state index contributed by atoms with van der Waals surface area (Å²) in [7, 11) is 1.66. The molecule has 0 bridgehead atoms. The van der Waals surface area contributed by atoms with Gasteiger partial charge in [-0.3, -0.25) is 0 Å². The molecule has 2 N–H and O–H groups in total. The van der Waals surface area contributed by atoms with Crippen molar-refractivity contribution in [3.63, 3.8) is 0 Å². The number of rotatable bonds is 9. The Morgan fingerprint density at radius 3 is 2.44 bits per heavy atom. The fraction of sp³-hybridized carbons (Fsp3) is 0.462. The van der Waals surface area contributed by atoms with Crippen LogP contribution in [0.1, 0.15) is 12.0 Å². The largest absolute Gasteiger partial charge is 0.494 e. The zero-order valence-corrected chi connectivity index (χ0v) is 11.4. The lowest BCUT2D eigenvalue weighted by Crippen LogP contribution is -2.09. The Kier molecular flexibility index (Phi) is 7.32. The van der Waals surface area contributed by atoms with Crippen LogP contribution in [0.5, 0.6) is 5.75 Å². The molecule has 0 saturated carbocycles. The number of thiocarbonyl (C=S) groups is 1. The standard InChI is InChI=1S/C13H19NO3S/c1-15-9-10-16-7-2-8-17-12-5-3-11(4-6-12)13(14)18/h3-6H,2,7-10H2,1H3,(H2,14,18). The summed E-state index contributed by atoms with van der Waals surface area (Å²) in [5, 5.41) is 0. The zero-order valence-electron chi connectivity index (χ0n) is 10.6. The zero-order chi connectivity index (χ0) is 13.2. The minimum Gasteiger partial charge on any atom is -0.494 e. The van der Waals surface area contributed by atoms with E-state index in [2.05, 4.69) is 0 Å². The molecule has 0 aliphatic heterocycles. The van der Waals surface area contributed by atoms with Crippen molar-refractivity contribution < 1.29 is 14.2 Å². The van der Waals surface area contributed by atoms with Crippen LogP contribution >= 0.6 is 12.2 Å². The Morgan fingerprint density at radius 1 is 1.11 bits per heavy atom. The van der Waals surface area contributed by atoms with Crippen LogP contribution in [0.25, 0.3) is 0 Å². The summed E-state index contributed by atoms with van der Waals surface area (Å²) >= 11 is 4.87. The molecule has 0 atom stereocenters. The molecule has 0 amide bonds. The highest BCUT2D eigenvalue weighted by Gasteiger charge is 1.97. The minimum atomic E-state index is 0.396. The van der Waals surface area contributed by atoms with Gasteiger partial charge in [0.15, 0.2) is 0 Å². The van der Waals surface area contributed by atoms with Crippen LogP contribution < -0.4 is 10.5 Å². The second kappa shape index (κ2) is 8.85. The van der Waals surface area contributed by atoms with Gasteiger partial charge in [0.05, 0.1) is 19.8 Å². The summed E-state index contributed by atoms with van der Waals surface area (Å²) in [5.41, 5.74) is 6.35. The molecule has 1 aromatic carbocycles. The Labute approximate surface area is 113 Å². The smallest absolute Gasteiger partial charge is 0.119 e.